The molecule has 3 heteroatoms. The Labute approximate surface area is 102 Å². The number of hydrogen-bond acceptors (Lipinski definition) is 1. The van der Waals surface area contributed by atoms with Crippen molar-refractivity contribution in [3.63, 3.8) is 0 Å². The molecule has 0 radical (unpaired) electrons. The van der Waals surface area contributed by atoms with E-state index in [1.165, 1.54) is 5.57 Å². The summed E-state index contributed by atoms with van der Waals surface area (Å²) < 4.78 is 2.15. The SMILES string of the molecule is CCC(=C=CCC(=O)O)CCCn1cccc1. The Bertz CT molecular complexity index is 398. The molecule has 1 N–H and O–H groups in total. The van der Waals surface area contributed by atoms with Gasteiger partial charge in [-0.05, 0) is 43.0 Å². The molecule has 1 aromatic heterocycles. The molecule has 1 heterocycles. The number of hydrogen-bond donors (Lipinski definition) is 1. The molecule has 1 aromatic rings. The Kier molecular flexibility index (Phi) is 5.91. The van der Waals surface area contributed by atoms with Crippen molar-refractivity contribution in [2.45, 2.75) is 39.2 Å². The quantitative estimate of drug-likeness (QED) is 0.735. The molecule has 0 saturated heterocycles. The Morgan fingerprint density at radius 2 is 2.12 bits per heavy atom. The van der Waals surface area contributed by atoms with Crippen molar-refractivity contribution in [2.75, 3.05) is 0 Å². The minimum Gasteiger partial charge on any atom is -0.481 e. The van der Waals surface area contributed by atoms with Crippen LogP contribution in [0.5, 0.6) is 0 Å². The number of carbonyl (C=O) groups is 1. The summed E-state index contributed by atoms with van der Waals surface area (Å²) in [4.78, 5) is 10.4. The van der Waals surface area contributed by atoms with Gasteiger partial charge in [0.25, 0.3) is 0 Å². The number of carboxylic acids is 1. The van der Waals surface area contributed by atoms with E-state index in [1.807, 2.05) is 12.1 Å². The van der Waals surface area contributed by atoms with Gasteiger partial charge in [0.1, 0.15) is 0 Å². The topological polar surface area (TPSA) is 42.2 Å². The van der Waals surface area contributed by atoms with Crippen LogP contribution in [0.1, 0.15) is 32.6 Å². The van der Waals surface area contributed by atoms with Crippen molar-refractivity contribution in [1.29, 1.82) is 0 Å². The zero-order valence-corrected chi connectivity index (χ0v) is 10.2. The highest BCUT2D eigenvalue weighted by Crippen LogP contribution is 2.09. The molecule has 3 nitrogen and oxygen atoms in total. The van der Waals surface area contributed by atoms with Crippen molar-refractivity contribution in [1.82, 2.24) is 4.57 Å². The zero-order valence-electron chi connectivity index (χ0n) is 10.2. The van der Waals surface area contributed by atoms with Crippen LogP contribution in [0.2, 0.25) is 0 Å². The van der Waals surface area contributed by atoms with Gasteiger partial charge in [0, 0.05) is 18.9 Å². The molecule has 1 rings (SSSR count). The largest absolute Gasteiger partial charge is 0.481 e. The molecule has 0 fully saturated rings. The lowest BCUT2D eigenvalue weighted by Crippen LogP contribution is -1.94. The average Bonchev–Trinajstić information content (AvgIpc) is 2.79. The first-order chi connectivity index (χ1) is 8.22. The molecular weight excluding hydrogens is 214 g/mol. The van der Waals surface area contributed by atoms with E-state index in [2.05, 4.69) is 29.6 Å². The van der Waals surface area contributed by atoms with Gasteiger partial charge < -0.3 is 9.67 Å². The Balaban J connectivity index is 2.36. The minimum atomic E-state index is -0.805. The Hall–Kier alpha value is -1.73. The maximum Gasteiger partial charge on any atom is 0.307 e. The summed E-state index contributed by atoms with van der Waals surface area (Å²) in [6, 6.07) is 4.03. The van der Waals surface area contributed by atoms with Crippen LogP contribution in [0.25, 0.3) is 0 Å². The fourth-order valence-corrected chi connectivity index (χ4v) is 1.63. The van der Waals surface area contributed by atoms with Crippen LogP contribution in [0, 0.1) is 0 Å². The van der Waals surface area contributed by atoms with Gasteiger partial charge in [-0.15, -0.1) is 5.73 Å². The summed E-state index contributed by atoms with van der Waals surface area (Å²) in [6.07, 6.45) is 8.74. The highest BCUT2D eigenvalue weighted by Gasteiger charge is 1.95. The van der Waals surface area contributed by atoms with E-state index in [0.717, 1.165) is 25.8 Å². The molecule has 92 valence electrons. The lowest BCUT2D eigenvalue weighted by atomic mass is 10.1. The molecule has 0 aliphatic heterocycles. The summed E-state index contributed by atoms with van der Waals surface area (Å²) in [6.45, 7) is 3.07. The third-order valence-corrected chi connectivity index (χ3v) is 2.57. The molecular formula is C14H19NO2. The molecule has 0 atom stereocenters. The molecule has 0 amide bonds. The van der Waals surface area contributed by atoms with E-state index in [-0.39, 0.29) is 6.42 Å². The lowest BCUT2D eigenvalue weighted by Gasteiger charge is -2.03. The van der Waals surface area contributed by atoms with Crippen LogP contribution in [-0.4, -0.2) is 15.6 Å². The summed E-state index contributed by atoms with van der Waals surface area (Å²) in [7, 11) is 0. The summed E-state index contributed by atoms with van der Waals surface area (Å²) in [5.74, 6) is -0.805. The average molecular weight is 233 g/mol. The molecule has 0 unspecified atom stereocenters. The van der Waals surface area contributed by atoms with Gasteiger partial charge in [-0.3, -0.25) is 4.79 Å². The van der Waals surface area contributed by atoms with Gasteiger partial charge in [-0.25, -0.2) is 0 Å². The monoisotopic (exact) mass is 233 g/mol. The second-order valence-corrected chi connectivity index (χ2v) is 3.93. The first-order valence-corrected chi connectivity index (χ1v) is 5.98. The van der Waals surface area contributed by atoms with Gasteiger partial charge in [0.05, 0.1) is 6.42 Å². The fourth-order valence-electron chi connectivity index (χ4n) is 1.63. The number of carboxylic acid groups (broad SMARTS) is 1. The Morgan fingerprint density at radius 3 is 2.71 bits per heavy atom. The van der Waals surface area contributed by atoms with Crippen LogP contribution in [0.3, 0.4) is 0 Å². The van der Waals surface area contributed by atoms with E-state index in [9.17, 15) is 4.79 Å². The molecule has 17 heavy (non-hydrogen) atoms. The van der Waals surface area contributed by atoms with E-state index in [1.54, 1.807) is 6.08 Å². The van der Waals surface area contributed by atoms with E-state index >= 15 is 0 Å². The normalized spacial score (nSPS) is 9.71. The number of rotatable bonds is 7. The van der Waals surface area contributed by atoms with Gasteiger partial charge >= 0.3 is 5.97 Å². The molecule has 0 aliphatic rings. The van der Waals surface area contributed by atoms with Crippen molar-refractivity contribution in [3.8, 4) is 0 Å². The van der Waals surface area contributed by atoms with Crippen LogP contribution < -0.4 is 0 Å². The van der Waals surface area contributed by atoms with E-state index in [0.29, 0.717) is 0 Å². The van der Waals surface area contributed by atoms with Gasteiger partial charge in [0.2, 0.25) is 0 Å². The Morgan fingerprint density at radius 1 is 1.41 bits per heavy atom. The molecule has 0 aliphatic carbocycles. The smallest absolute Gasteiger partial charge is 0.307 e. The van der Waals surface area contributed by atoms with Crippen molar-refractivity contribution < 1.29 is 9.90 Å². The standard InChI is InChI=1S/C14H19NO2/c1-2-13(7-5-9-14(16)17)8-6-12-15-10-3-4-11-15/h3-5,10-11H,2,6,8-9,12H2,1H3,(H,16,17). The third kappa shape index (κ3) is 5.79. The minimum absolute atomic E-state index is 0.0566. The van der Waals surface area contributed by atoms with Gasteiger partial charge in [0.15, 0.2) is 0 Å². The summed E-state index contributed by atoms with van der Waals surface area (Å²) >= 11 is 0. The van der Waals surface area contributed by atoms with Crippen LogP contribution in [-0.2, 0) is 11.3 Å². The van der Waals surface area contributed by atoms with E-state index in [4.69, 9.17) is 5.11 Å². The zero-order chi connectivity index (χ0) is 12.5. The molecule has 0 spiro atoms. The van der Waals surface area contributed by atoms with Gasteiger partial charge in [-0.2, -0.15) is 0 Å². The predicted molar refractivity (Wildman–Crippen MR) is 67.8 cm³/mol. The summed E-state index contributed by atoms with van der Waals surface area (Å²) in [5.41, 5.74) is 4.28. The fraction of sp³-hybridized carbons (Fsp3) is 0.429. The number of aryl methyl sites for hydroxylation is 1. The molecule has 0 aromatic carbocycles. The van der Waals surface area contributed by atoms with Crippen molar-refractivity contribution in [3.05, 3.63) is 41.9 Å². The van der Waals surface area contributed by atoms with Crippen molar-refractivity contribution in [2.24, 2.45) is 0 Å². The van der Waals surface area contributed by atoms with Crippen LogP contribution in [0.15, 0.2) is 41.9 Å². The molecule has 0 saturated carbocycles. The van der Waals surface area contributed by atoms with Gasteiger partial charge in [-0.1, -0.05) is 6.92 Å². The highest BCUT2D eigenvalue weighted by molar-refractivity contribution is 5.68. The maximum atomic E-state index is 10.4. The second kappa shape index (κ2) is 7.53. The predicted octanol–water partition coefficient (Wildman–Crippen LogP) is 3.23. The highest BCUT2D eigenvalue weighted by atomic mass is 16.4. The first kappa shape index (κ1) is 13.3. The first-order valence-electron chi connectivity index (χ1n) is 5.98. The third-order valence-electron chi connectivity index (χ3n) is 2.57. The van der Waals surface area contributed by atoms with Crippen LogP contribution >= 0.6 is 0 Å². The summed E-state index contributed by atoms with van der Waals surface area (Å²) in [5, 5.41) is 8.52. The maximum absolute atomic E-state index is 10.4. The number of aromatic nitrogens is 1. The van der Waals surface area contributed by atoms with Crippen molar-refractivity contribution >= 4 is 5.97 Å². The number of aliphatic carboxylic acids is 1. The molecule has 0 bridgehead atoms. The van der Waals surface area contributed by atoms with Crippen LogP contribution in [0.4, 0.5) is 0 Å². The second-order valence-electron chi connectivity index (χ2n) is 3.93. The lowest BCUT2D eigenvalue weighted by molar-refractivity contribution is -0.135. The van der Waals surface area contributed by atoms with E-state index < -0.39 is 5.97 Å². The number of nitrogens with zero attached hydrogens (tertiary/aromatic N) is 1.